The van der Waals surface area contributed by atoms with Crippen LogP contribution >= 0.6 is 27.5 Å². The number of aromatic nitrogens is 2. The van der Waals surface area contributed by atoms with E-state index in [9.17, 15) is 4.79 Å². The lowest BCUT2D eigenvalue weighted by atomic mass is 10.1. The molecule has 0 aliphatic carbocycles. The predicted molar refractivity (Wildman–Crippen MR) is 127 cm³/mol. The summed E-state index contributed by atoms with van der Waals surface area (Å²) in [6.07, 6.45) is 0. The van der Waals surface area contributed by atoms with Crippen molar-refractivity contribution in [3.05, 3.63) is 80.8 Å². The molecule has 0 aliphatic heterocycles. The zero-order valence-electron chi connectivity index (χ0n) is 16.8. The van der Waals surface area contributed by atoms with Crippen molar-refractivity contribution in [1.82, 2.24) is 9.55 Å². The Morgan fingerprint density at radius 1 is 1.07 bits per heavy atom. The fraction of sp³-hybridized carbons (Fsp3) is 0.130. The van der Waals surface area contributed by atoms with Crippen LogP contribution in [0, 0.1) is 13.8 Å². The average Bonchev–Trinajstić information content (AvgIpc) is 3.01. The normalized spacial score (nSPS) is 11.0. The second-order valence-corrected chi connectivity index (χ2v) is 8.55. The zero-order valence-corrected chi connectivity index (χ0v) is 19.1. The lowest BCUT2D eigenvalue weighted by Gasteiger charge is -2.12. The zero-order chi connectivity index (χ0) is 21.4. The van der Waals surface area contributed by atoms with Crippen molar-refractivity contribution >= 4 is 61.8 Å². The first-order chi connectivity index (χ1) is 14.3. The van der Waals surface area contributed by atoms with E-state index in [1.165, 1.54) is 0 Å². The van der Waals surface area contributed by atoms with E-state index in [0.29, 0.717) is 16.5 Å². The van der Waals surface area contributed by atoms with Crippen molar-refractivity contribution in [1.29, 1.82) is 0 Å². The molecule has 0 unspecified atom stereocenters. The number of nitrogens with zero attached hydrogens (tertiary/aromatic N) is 2. The highest BCUT2D eigenvalue weighted by molar-refractivity contribution is 9.10. The largest absolute Gasteiger partial charge is 0.324 e. The van der Waals surface area contributed by atoms with Gasteiger partial charge >= 0.3 is 0 Å². The molecule has 4 aromatic rings. The number of rotatable bonds is 4. The molecule has 0 bridgehead atoms. The fourth-order valence-corrected chi connectivity index (χ4v) is 4.01. The summed E-state index contributed by atoms with van der Waals surface area (Å²) < 4.78 is 2.90. The van der Waals surface area contributed by atoms with E-state index in [0.717, 1.165) is 38.0 Å². The van der Waals surface area contributed by atoms with E-state index < -0.39 is 0 Å². The Morgan fingerprint density at radius 3 is 2.50 bits per heavy atom. The summed E-state index contributed by atoms with van der Waals surface area (Å²) in [7, 11) is 1.93. The van der Waals surface area contributed by atoms with E-state index in [2.05, 4.69) is 37.6 Å². The third kappa shape index (κ3) is 4.06. The lowest BCUT2D eigenvalue weighted by molar-refractivity contribution is 0.102. The first kappa shape index (κ1) is 20.4. The summed E-state index contributed by atoms with van der Waals surface area (Å²) in [6, 6.07) is 16.9. The summed E-state index contributed by atoms with van der Waals surface area (Å²) in [5.41, 5.74) is 5.89. The summed E-state index contributed by atoms with van der Waals surface area (Å²) in [5.74, 6) is 0.473. The van der Waals surface area contributed by atoms with Crippen LogP contribution < -0.4 is 10.6 Å². The highest BCUT2D eigenvalue weighted by atomic mass is 79.9. The van der Waals surface area contributed by atoms with Crippen molar-refractivity contribution in [3.8, 4) is 0 Å². The van der Waals surface area contributed by atoms with Crippen molar-refractivity contribution in [3.63, 3.8) is 0 Å². The standard InChI is InChI=1S/C23H20BrClN4O/c1-13-10-14(2)21(18(25)11-13)28-23-27-19-12-15(4-9-20(19)29(23)3)22(30)26-17-7-5-16(24)6-8-17/h4-12H,1-3H3,(H,26,30)(H,27,28). The van der Waals surface area contributed by atoms with Crippen molar-refractivity contribution in [2.75, 3.05) is 10.6 Å². The lowest BCUT2D eigenvalue weighted by Crippen LogP contribution is -2.11. The molecular formula is C23H20BrClN4O. The number of aryl methyl sites for hydroxylation is 3. The molecule has 0 spiro atoms. The van der Waals surface area contributed by atoms with Gasteiger partial charge in [0.25, 0.3) is 5.91 Å². The third-order valence-corrected chi connectivity index (χ3v) is 5.74. The number of carbonyl (C=O) groups is 1. The Balaban J connectivity index is 1.63. The molecular weight excluding hydrogens is 464 g/mol. The maximum Gasteiger partial charge on any atom is 0.255 e. The van der Waals surface area contributed by atoms with Crippen molar-refractivity contribution in [2.24, 2.45) is 7.05 Å². The Labute approximate surface area is 188 Å². The molecule has 0 fully saturated rings. The monoisotopic (exact) mass is 482 g/mol. The number of nitrogens with one attached hydrogen (secondary N) is 2. The molecule has 1 heterocycles. The van der Waals surface area contributed by atoms with Gasteiger partial charge in [0.1, 0.15) is 0 Å². The number of carbonyl (C=O) groups excluding carboxylic acids is 1. The van der Waals surface area contributed by atoms with Crippen molar-refractivity contribution < 1.29 is 4.79 Å². The topological polar surface area (TPSA) is 59.0 Å². The number of benzene rings is 3. The van der Waals surface area contributed by atoms with E-state index in [1.807, 2.05) is 61.9 Å². The van der Waals surface area contributed by atoms with E-state index >= 15 is 0 Å². The minimum absolute atomic E-state index is 0.184. The van der Waals surface area contributed by atoms with E-state index in [1.54, 1.807) is 12.1 Å². The molecule has 3 aromatic carbocycles. The summed E-state index contributed by atoms with van der Waals surface area (Å²) >= 11 is 9.83. The highest BCUT2D eigenvalue weighted by Gasteiger charge is 2.14. The Kier molecular flexibility index (Phi) is 5.54. The van der Waals surface area contributed by atoms with Gasteiger partial charge in [-0.1, -0.05) is 33.6 Å². The minimum Gasteiger partial charge on any atom is -0.324 e. The van der Waals surface area contributed by atoms with E-state index in [4.69, 9.17) is 11.6 Å². The first-order valence-electron chi connectivity index (χ1n) is 9.39. The van der Waals surface area contributed by atoms with Crippen LogP contribution in [0.25, 0.3) is 11.0 Å². The smallest absolute Gasteiger partial charge is 0.255 e. The number of fused-ring (bicyclic) bond motifs is 1. The molecule has 0 radical (unpaired) electrons. The van der Waals surface area contributed by atoms with Crippen LogP contribution in [0.5, 0.6) is 0 Å². The molecule has 0 aliphatic rings. The van der Waals surface area contributed by atoms with Gasteiger partial charge in [0.15, 0.2) is 0 Å². The number of hydrogen-bond acceptors (Lipinski definition) is 3. The number of imidazole rings is 1. The van der Waals surface area contributed by atoms with E-state index in [-0.39, 0.29) is 5.91 Å². The van der Waals surface area contributed by atoms with Gasteiger partial charge in [-0.15, -0.1) is 0 Å². The molecule has 7 heteroatoms. The molecule has 4 rings (SSSR count). The second-order valence-electron chi connectivity index (χ2n) is 7.22. The highest BCUT2D eigenvalue weighted by Crippen LogP contribution is 2.31. The Morgan fingerprint density at radius 2 is 1.80 bits per heavy atom. The Hall–Kier alpha value is -2.83. The van der Waals surface area contributed by atoms with Gasteiger partial charge in [-0.25, -0.2) is 4.98 Å². The van der Waals surface area contributed by atoms with Gasteiger partial charge in [0.2, 0.25) is 5.95 Å². The Bertz CT molecular complexity index is 1240. The number of halogens is 2. The predicted octanol–water partition coefficient (Wildman–Crippen LogP) is 6.60. The molecule has 1 amide bonds. The van der Waals surface area contributed by atoms with Crippen LogP contribution in [-0.2, 0) is 7.05 Å². The summed E-state index contributed by atoms with van der Waals surface area (Å²) in [5, 5.41) is 6.89. The average molecular weight is 484 g/mol. The molecule has 30 heavy (non-hydrogen) atoms. The van der Waals surface area contributed by atoms with Crippen LogP contribution in [0.15, 0.2) is 59.1 Å². The van der Waals surface area contributed by atoms with Crippen LogP contribution in [0.3, 0.4) is 0 Å². The molecule has 0 saturated carbocycles. The van der Waals surface area contributed by atoms with Gasteiger partial charge in [0, 0.05) is 22.8 Å². The van der Waals surface area contributed by atoms with Gasteiger partial charge in [-0.2, -0.15) is 0 Å². The van der Waals surface area contributed by atoms with Crippen molar-refractivity contribution in [2.45, 2.75) is 13.8 Å². The minimum atomic E-state index is -0.184. The molecule has 2 N–H and O–H groups in total. The quantitative estimate of drug-likeness (QED) is 0.344. The van der Waals surface area contributed by atoms with Crippen LogP contribution in [-0.4, -0.2) is 15.5 Å². The van der Waals surface area contributed by atoms with Gasteiger partial charge in [0.05, 0.1) is 21.7 Å². The molecule has 0 saturated heterocycles. The van der Waals surface area contributed by atoms with Gasteiger partial charge in [-0.3, -0.25) is 4.79 Å². The summed E-state index contributed by atoms with van der Waals surface area (Å²) in [6.45, 7) is 4.02. The first-order valence-corrected chi connectivity index (χ1v) is 10.6. The number of anilines is 3. The number of hydrogen-bond donors (Lipinski definition) is 2. The fourth-order valence-electron chi connectivity index (χ4n) is 3.38. The molecule has 1 aromatic heterocycles. The van der Waals surface area contributed by atoms with Crippen LogP contribution in [0.4, 0.5) is 17.3 Å². The second kappa shape index (κ2) is 8.13. The molecule has 0 atom stereocenters. The molecule has 152 valence electrons. The maximum absolute atomic E-state index is 12.7. The maximum atomic E-state index is 12.7. The third-order valence-electron chi connectivity index (χ3n) is 4.91. The van der Waals surface area contributed by atoms with Gasteiger partial charge in [-0.05, 0) is 73.5 Å². The number of amides is 1. The van der Waals surface area contributed by atoms with Crippen LogP contribution in [0.1, 0.15) is 21.5 Å². The summed E-state index contributed by atoms with van der Waals surface area (Å²) in [4.78, 5) is 17.3. The molecule has 5 nitrogen and oxygen atoms in total. The van der Waals surface area contributed by atoms with Gasteiger partial charge < -0.3 is 15.2 Å². The SMILES string of the molecule is Cc1cc(C)c(Nc2nc3cc(C(=O)Nc4ccc(Br)cc4)ccc3n2C)c(Cl)c1. The van der Waals surface area contributed by atoms with Crippen LogP contribution in [0.2, 0.25) is 5.02 Å².